The second-order valence-electron chi connectivity index (χ2n) is 8.45. The number of carbonyl (C=O) groups excluding carboxylic acids is 1. The van der Waals surface area contributed by atoms with E-state index in [1.54, 1.807) is 7.05 Å². The van der Waals surface area contributed by atoms with Crippen molar-refractivity contribution in [3.05, 3.63) is 57.3 Å². The average molecular weight is 541 g/mol. The SMILES string of the molecule is Cn1cnc2c1c(=O)n(CCNC(=O)c1ccc[n+]([C@@H]3O[C@H](COP(=O)(O)O)[C@@H](O)[C@H]3O)c1)c(=O)n2C. The van der Waals surface area contributed by atoms with Crippen LogP contribution in [0.3, 0.4) is 0 Å². The van der Waals surface area contributed by atoms with Gasteiger partial charge in [0, 0.05) is 33.3 Å². The topological polar surface area (TPSA) is 211 Å². The Hall–Kier alpha value is -3.24. The smallest absolute Gasteiger partial charge is 0.387 e. The van der Waals surface area contributed by atoms with Crippen LogP contribution in [0.2, 0.25) is 0 Å². The van der Waals surface area contributed by atoms with Gasteiger partial charge in [-0.3, -0.25) is 23.2 Å². The third kappa shape index (κ3) is 5.40. The van der Waals surface area contributed by atoms with Crippen LogP contribution in [0, 0.1) is 0 Å². The van der Waals surface area contributed by atoms with E-state index < -0.39 is 56.1 Å². The summed E-state index contributed by atoms with van der Waals surface area (Å²) in [7, 11) is -1.68. The lowest BCUT2D eigenvalue weighted by atomic mass is 10.1. The number of hydrogen-bond acceptors (Lipinski definition) is 9. The molecular formula is C20H26N6O10P+. The number of amides is 1. The molecule has 17 heteroatoms. The minimum Gasteiger partial charge on any atom is -0.387 e. The Labute approximate surface area is 208 Å². The van der Waals surface area contributed by atoms with Crippen LogP contribution in [0.15, 0.2) is 40.4 Å². The van der Waals surface area contributed by atoms with E-state index in [-0.39, 0.29) is 29.8 Å². The predicted octanol–water partition coefficient (Wildman–Crippen LogP) is -3.12. The van der Waals surface area contributed by atoms with Crippen LogP contribution in [0.4, 0.5) is 0 Å². The summed E-state index contributed by atoms with van der Waals surface area (Å²) in [4.78, 5) is 59.8. The van der Waals surface area contributed by atoms with E-state index in [1.165, 1.54) is 51.6 Å². The summed E-state index contributed by atoms with van der Waals surface area (Å²) in [6.07, 6.45) is -1.13. The van der Waals surface area contributed by atoms with Crippen molar-refractivity contribution in [3.8, 4) is 0 Å². The van der Waals surface area contributed by atoms with Gasteiger partial charge in [0.05, 0.1) is 12.9 Å². The van der Waals surface area contributed by atoms with Crippen molar-refractivity contribution in [2.45, 2.75) is 31.1 Å². The van der Waals surface area contributed by atoms with E-state index in [4.69, 9.17) is 14.5 Å². The fraction of sp³-hybridized carbons (Fsp3) is 0.450. The highest BCUT2D eigenvalue weighted by atomic mass is 31.2. The van der Waals surface area contributed by atoms with Gasteiger partial charge in [-0.05, 0) is 6.07 Å². The molecule has 200 valence electrons. The summed E-state index contributed by atoms with van der Waals surface area (Å²) >= 11 is 0. The number of aromatic nitrogens is 5. The number of fused-ring (bicyclic) bond motifs is 1. The normalized spacial score (nSPS) is 22.0. The van der Waals surface area contributed by atoms with Crippen LogP contribution in [0.5, 0.6) is 0 Å². The number of aliphatic hydroxyl groups excluding tert-OH is 2. The van der Waals surface area contributed by atoms with Crippen molar-refractivity contribution in [2.75, 3.05) is 13.2 Å². The number of aryl methyl sites for hydroxylation is 2. The summed E-state index contributed by atoms with van der Waals surface area (Å²) in [6.45, 7) is -0.804. The summed E-state index contributed by atoms with van der Waals surface area (Å²) in [6, 6.07) is 2.97. The van der Waals surface area contributed by atoms with E-state index in [1.807, 2.05) is 0 Å². The van der Waals surface area contributed by atoms with Crippen LogP contribution < -0.4 is 21.1 Å². The molecule has 3 aromatic rings. The summed E-state index contributed by atoms with van der Waals surface area (Å²) in [5.41, 5.74) is -0.465. The fourth-order valence-corrected chi connectivity index (χ4v) is 4.39. The molecule has 0 unspecified atom stereocenters. The highest BCUT2D eigenvalue weighted by Crippen LogP contribution is 2.37. The van der Waals surface area contributed by atoms with E-state index in [9.17, 15) is 29.2 Å². The number of aliphatic hydroxyl groups is 2. The molecule has 1 saturated heterocycles. The molecule has 0 bridgehead atoms. The molecule has 4 heterocycles. The Morgan fingerprint density at radius 2 is 2.00 bits per heavy atom. The van der Waals surface area contributed by atoms with Crippen LogP contribution in [-0.2, 0) is 34.5 Å². The lowest BCUT2D eigenvalue weighted by molar-refractivity contribution is -0.765. The van der Waals surface area contributed by atoms with Gasteiger partial charge in [0.15, 0.2) is 29.7 Å². The predicted molar refractivity (Wildman–Crippen MR) is 123 cm³/mol. The molecule has 37 heavy (non-hydrogen) atoms. The lowest BCUT2D eigenvalue weighted by Gasteiger charge is -2.13. The van der Waals surface area contributed by atoms with Gasteiger partial charge in [0.25, 0.3) is 17.7 Å². The molecule has 16 nitrogen and oxygen atoms in total. The number of hydrogen-bond donors (Lipinski definition) is 5. The highest BCUT2D eigenvalue weighted by Gasteiger charge is 2.49. The lowest BCUT2D eigenvalue weighted by Crippen LogP contribution is -2.46. The average Bonchev–Trinajstić information content (AvgIpc) is 3.37. The zero-order chi connectivity index (χ0) is 27.1. The van der Waals surface area contributed by atoms with Crippen molar-refractivity contribution < 1.29 is 43.2 Å². The van der Waals surface area contributed by atoms with Crippen LogP contribution in [-0.4, -0.2) is 76.1 Å². The molecular weight excluding hydrogens is 515 g/mol. The molecule has 5 N–H and O–H groups in total. The van der Waals surface area contributed by atoms with Gasteiger partial charge in [0.2, 0.25) is 0 Å². The molecule has 1 aliphatic rings. The first-order valence-corrected chi connectivity index (χ1v) is 12.5. The molecule has 1 aliphatic heterocycles. The van der Waals surface area contributed by atoms with Gasteiger partial charge in [-0.25, -0.2) is 14.3 Å². The number of nitrogens with one attached hydrogen (secondary N) is 1. The first-order chi connectivity index (χ1) is 17.4. The molecule has 0 spiro atoms. The monoisotopic (exact) mass is 541 g/mol. The highest BCUT2D eigenvalue weighted by molar-refractivity contribution is 7.46. The molecule has 0 aliphatic carbocycles. The maximum atomic E-state index is 12.8. The quantitative estimate of drug-likeness (QED) is 0.142. The molecule has 3 aromatic heterocycles. The molecule has 1 fully saturated rings. The molecule has 0 aromatic carbocycles. The van der Waals surface area contributed by atoms with Gasteiger partial charge in [0.1, 0.15) is 17.8 Å². The second kappa shape index (κ2) is 10.3. The van der Waals surface area contributed by atoms with Crippen molar-refractivity contribution in [2.24, 2.45) is 14.1 Å². The third-order valence-corrected chi connectivity index (χ3v) is 6.43. The Morgan fingerprint density at radius 3 is 2.70 bits per heavy atom. The van der Waals surface area contributed by atoms with Crippen molar-refractivity contribution in [1.29, 1.82) is 0 Å². The van der Waals surface area contributed by atoms with Gasteiger partial charge in [-0.2, -0.15) is 4.57 Å². The van der Waals surface area contributed by atoms with E-state index in [2.05, 4.69) is 14.8 Å². The third-order valence-electron chi connectivity index (χ3n) is 5.94. The minimum atomic E-state index is -4.81. The van der Waals surface area contributed by atoms with Crippen LogP contribution in [0.25, 0.3) is 11.2 Å². The number of nitrogens with zero attached hydrogens (tertiary/aromatic N) is 5. The Bertz CT molecular complexity index is 1490. The van der Waals surface area contributed by atoms with Gasteiger partial charge in [-0.15, -0.1) is 0 Å². The first-order valence-electron chi connectivity index (χ1n) is 11.0. The molecule has 4 rings (SSSR count). The summed E-state index contributed by atoms with van der Waals surface area (Å²) in [5, 5.41) is 23.1. The van der Waals surface area contributed by atoms with Gasteiger partial charge in [-0.1, -0.05) is 0 Å². The Kier molecular flexibility index (Phi) is 7.43. The zero-order valence-electron chi connectivity index (χ0n) is 19.7. The van der Waals surface area contributed by atoms with E-state index >= 15 is 0 Å². The van der Waals surface area contributed by atoms with E-state index in [0.29, 0.717) is 0 Å². The first kappa shape index (κ1) is 26.8. The van der Waals surface area contributed by atoms with Crippen molar-refractivity contribution >= 4 is 24.9 Å². The Balaban J connectivity index is 1.44. The fourth-order valence-electron chi connectivity index (χ4n) is 4.05. The van der Waals surface area contributed by atoms with Gasteiger partial charge >= 0.3 is 13.5 Å². The minimum absolute atomic E-state index is 0.0463. The van der Waals surface area contributed by atoms with E-state index in [0.717, 1.165) is 4.57 Å². The maximum absolute atomic E-state index is 12.8. The number of carbonyl (C=O) groups is 1. The molecule has 1 amide bonds. The standard InChI is InChI=1S/C20H25N6O10P/c1-23-10-22-16-13(23)18(30)26(20(31)24(16)2)7-5-21-17(29)11-4-3-6-25(8-11)19-15(28)14(27)12(36-19)9-35-37(32,33)34/h3-4,6,8,10,12,14-15,19,27-28H,5,7,9H2,1-2H3,(H2-,21,29,32,33,34)/p+1/t12-,14-,15-,19-/m1/s1. The second-order valence-corrected chi connectivity index (χ2v) is 9.69. The molecule has 0 saturated carbocycles. The summed E-state index contributed by atoms with van der Waals surface area (Å²) in [5.74, 6) is -0.546. The Morgan fingerprint density at radius 1 is 1.27 bits per heavy atom. The van der Waals surface area contributed by atoms with Crippen molar-refractivity contribution in [3.63, 3.8) is 0 Å². The maximum Gasteiger partial charge on any atom is 0.469 e. The van der Waals surface area contributed by atoms with Crippen LogP contribution >= 0.6 is 7.82 Å². The van der Waals surface area contributed by atoms with Gasteiger partial charge < -0.3 is 34.6 Å². The number of pyridine rings is 1. The number of phosphoric acid groups is 1. The van der Waals surface area contributed by atoms with Crippen LogP contribution in [0.1, 0.15) is 16.6 Å². The summed E-state index contributed by atoms with van der Waals surface area (Å²) < 4.78 is 25.8. The molecule has 4 atom stereocenters. The largest absolute Gasteiger partial charge is 0.469 e. The zero-order valence-corrected chi connectivity index (χ0v) is 20.6. The molecule has 0 radical (unpaired) electrons. The number of imidazole rings is 1. The van der Waals surface area contributed by atoms with Crippen molar-refractivity contribution in [1.82, 2.24) is 24.0 Å². The number of phosphoric ester groups is 1. The number of ether oxygens (including phenoxy) is 1. The number of rotatable bonds is 8.